The molecule has 0 spiro atoms. The molecule has 1 atom stereocenters. The summed E-state index contributed by atoms with van der Waals surface area (Å²) in [5, 5.41) is 0. The van der Waals surface area contributed by atoms with Crippen molar-refractivity contribution in [3.05, 3.63) is 29.6 Å². The van der Waals surface area contributed by atoms with Crippen molar-refractivity contribution in [2.45, 2.75) is 30.7 Å². The van der Waals surface area contributed by atoms with Gasteiger partial charge in [0.1, 0.15) is 12.1 Å². The van der Waals surface area contributed by atoms with E-state index in [-0.39, 0.29) is 10.5 Å². The fourth-order valence-corrected chi connectivity index (χ4v) is 3.83. The summed E-state index contributed by atoms with van der Waals surface area (Å²) in [6.45, 7) is 1.84. The maximum absolute atomic E-state index is 13.1. The Balaban J connectivity index is 2.41. The van der Waals surface area contributed by atoms with E-state index in [1.54, 1.807) is 0 Å². The Labute approximate surface area is 105 Å². The largest absolute Gasteiger partial charge is 0.302 e. The Morgan fingerprint density at radius 3 is 2.78 bits per heavy atom. The van der Waals surface area contributed by atoms with Crippen LogP contribution in [0.1, 0.15) is 18.4 Å². The standard InChI is InChI=1S/C12H14FNO3S/c1-9-7-11(4-5-12(9)13)18(16,17)14-6-2-3-10(14)8-15/h4-5,7-8,10H,2-3,6H2,1H3. The van der Waals surface area contributed by atoms with Crippen molar-refractivity contribution in [2.24, 2.45) is 0 Å². The third-order valence-corrected chi connectivity index (χ3v) is 5.06. The zero-order chi connectivity index (χ0) is 13.3. The van der Waals surface area contributed by atoms with E-state index in [2.05, 4.69) is 0 Å². The van der Waals surface area contributed by atoms with Crippen LogP contribution in [0, 0.1) is 12.7 Å². The molecule has 1 heterocycles. The fraction of sp³-hybridized carbons (Fsp3) is 0.417. The van der Waals surface area contributed by atoms with E-state index in [1.165, 1.54) is 23.4 Å². The highest BCUT2D eigenvalue weighted by Crippen LogP contribution is 2.25. The van der Waals surface area contributed by atoms with Gasteiger partial charge in [0.15, 0.2) is 0 Å². The summed E-state index contributed by atoms with van der Waals surface area (Å²) in [4.78, 5) is 10.9. The topological polar surface area (TPSA) is 54.5 Å². The third kappa shape index (κ3) is 2.18. The first-order valence-corrected chi connectivity index (χ1v) is 7.14. The Hall–Kier alpha value is -1.27. The number of rotatable bonds is 3. The molecule has 1 fully saturated rings. The molecule has 6 heteroatoms. The first kappa shape index (κ1) is 13.2. The number of hydrogen-bond acceptors (Lipinski definition) is 3. The fourth-order valence-electron chi connectivity index (χ4n) is 2.11. The lowest BCUT2D eigenvalue weighted by atomic mass is 10.2. The van der Waals surface area contributed by atoms with Gasteiger partial charge in [0, 0.05) is 6.54 Å². The lowest BCUT2D eigenvalue weighted by Gasteiger charge is -2.20. The van der Waals surface area contributed by atoms with Gasteiger partial charge in [-0.2, -0.15) is 4.31 Å². The number of aryl methyl sites for hydroxylation is 1. The third-order valence-electron chi connectivity index (χ3n) is 3.14. The number of aldehydes is 1. The van der Waals surface area contributed by atoms with E-state index in [1.807, 2.05) is 0 Å². The number of carbonyl (C=O) groups excluding carboxylic acids is 1. The van der Waals surface area contributed by atoms with Crippen LogP contribution >= 0.6 is 0 Å². The molecular formula is C12H14FNO3S. The second-order valence-electron chi connectivity index (χ2n) is 4.37. The Morgan fingerprint density at radius 1 is 1.44 bits per heavy atom. The predicted molar refractivity (Wildman–Crippen MR) is 64.1 cm³/mol. The van der Waals surface area contributed by atoms with E-state index in [9.17, 15) is 17.6 Å². The van der Waals surface area contributed by atoms with Gasteiger partial charge in [0.25, 0.3) is 0 Å². The number of carbonyl (C=O) groups is 1. The van der Waals surface area contributed by atoms with Gasteiger partial charge in [-0.05, 0) is 43.5 Å². The smallest absolute Gasteiger partial charge is 0.243 e. The molecule has 0 aliphatic carbocycles. The average Bonchev–Trinajstić information content (AvgIpc) is 2.81. The molecule has 0 N–H and O–H groups in total. The van der Waals surface area contributed by atoms with Gasteiger partial charge >= 0.3 is 0 Å². The van der Waals surface area contributed by atoms with Crippen LogP contribution in [-0.4, -0.2) is 31.6 Å². The van der Waals surface area contributed by atoms with Crippen LogP contribution < -0.4 is 0 Å². The van der Waals surface area contributed by atoms with Crippen molar-refractivity contribution in [2.75, 3.05) is 6.54 Å². The molecule has 2 rings (SSSR count). The van der Waals surface area contributed by atoms with Crippen molar-refractivity contribution in [1.29, 1.82) is 0 Å². The first-order chi connectivity index (χ1) is 8.46. The number of halogens is 1. The van der Waals surface area contributed by atoms with E-state index < -0.39 is 21.9 Å². The molecule has 4 nitrogen and oxygen atoms in total. The summed E-state index contributed by atoms with van der Waals surface area (Å²) in [5.74, 6) is -0.442. The van der Waals surface area contributed by atoms with E-state index in [4.69, 9.17) is 0 Å². The van der Waals surface area contributed by atoms with Crippen molar-refractivity contribution < 1.29 is 17.6 Å². The van der Waals surface area contributed by atoms with Crippen LogP contribution in [0.5, 0.6) is 0 Å². The van der Waals surface area contributed by atoms with Gasteiger partial charge < -0.3 is 4.79 Å². The molecule has 0 saturated carbocycles. The van der Waals surface area contributed by atoms with E-state index in [0.717, 1.165) is 6.07 Å². The minimum Gasteiger partial charge on any atom is -0.302 e. The highest BCUT2D eigenvalue weighted by atomic mass is 32.2. The minimum absolute atomic E-state index is 0.0372. The Kier molecular flexibility index (Phi) is 3.49. The second-order valence-corrected chi connectivity index (χ2v) is 6.26. The molecule has 98 valence electrons. The summed E-state index contributed by atoms with van der Waals surface area (Å²) in [6, 6.07) is 3.07. The van der Waals surface area contributed by atoms with Crippen LogP contribution in [0.15, 0.2) is 23.1 Å². The van der Waals surface area contributed by atoms with Crippen LogP contribution in [0.25, 0.3) is 0 Å². The lowest BCUT2D eigenvalue weighted by molar-refractivity contribution is -0.110. The van der Waals surface area contributed by atoms with Crippen molar-refractivity contribution >= 4 is 16.3 Å². The minimum atomic E-state index is -3.70. The molecule has 0 radical (unpaired) electrons. The van der Waals surface area contributed by atoms with Crippen molar-refractivity contribution in [3.8, 4) is 0 Å². The van der Waals surface area contributed by atoms with Gasteiger partial charge in [-0.3, -0.25) is 0 Å². The van der Waals surface area contributed by atoms with Gasteiger partial charge in [-0.25, -0.2) is 12.8 Å². The monoisotopic (exact) mass is 271 g/mol. The molecule has 0 amide bonds. The number of benzene rings is 1. The maximum atomic E-state index is 13.1. The number of hydrogen-bond donors (Lipinski definition) is 0. The van der Waals surface area contributed by atoms with Crippen molar-refractivity contribution in [1.82, 2.24) is 4.31 Å². The van der Waals surface area contributed by atoms with Gasteiger partial charge in [-0.1, -0.05) is 0 Å². The molecule has 1 aliphatic rings. The molecule has 0 bridgehead atoms. The first-order valence-electron chi connectivity index (χ1n) is 5.70. The van der Waals surface area contributed by atoms with Gasteiger partial charge in [0.05, 0.1) is 10.9 Å². The molecule has 1 saturated heterocycles. The normalized spacial score (nSPS) is 21.1. The summed E-state index contributed by atoms with van der Waals surface area (Å²) < 4.78 is 39.0. The van der Waals surface area contributed by atoms with Crippen molar-refractivity contribution in [3.63, 3.8) is 0 Å². The molecule has 1 aromatic carbocycles. The number of sulfonamides is 1. The van der Waals surface area contributed by atoms with Crippen LogP contribution in [-0.2, 0) is 14.8 Å². The van der Waals surface area contributed by atoms with E-state index in [0.29, 0.717) is 25.7 Å². The van der Waals surface area contributed by atoms with Gasteiger partial charge in [0.2, 0.25) is 10.0 Å². The zero-order valence-electron chi connectivity index (χ0n) is 9.97. The maximum Gasteiger partial charge on any atom is 0.243 e. The molecule has 0 aromatic heterocycles. The SMILES string of the molecule is Cc1cc(S(=O)(=O)N2CCCC2C=O)ccc1F. The van der Waals surface area contributed by atoms with Gasteiger partial charge in [-0.15, -0.1) is 0 Å². The summed E-state index contributed by atoms with van der Waals surface area (Å²) in [7, 11) is -3.70. The highest BCUT2D eigenvalue weighted by molar-refractivity contribution is 7.89. The summed E-state index contributed by atoms with van der Waals surface area (Å²) in [5.41, 5.74) is 0.276. The summed E-state index contributed by atoms with van der Waals surface area (Å²) >= 11 is 0. The van der Waals surface area contributed by atoms with Crippen LogP contribution in [0.4, 0.5) is 4.39 Å². The van der Waals surface area contributed by atoms with E-state index >= 15 is 0 Å². The molecule has 1 aliphatic heterocycles. The lowest BCUT2D eigenvalue weighted by Crippen LogP contribution is -2.36. The molecule has 1 aromatic rings. The Bertz CT molecular complexity index is 571. The number of nitrogens with zero attached hydrogens (tertiary/aromatic N) is 1. The molecule has 18 heavy (non-hydrogen) atoms. The average molecular weight is 271 g/mol. The second kappa shape index (κ2) is 4.78. The predicted octanol–water partition coefficient (Wildman–Crippen LogP) is 1.49. The highest BCUT2D eigenvalue weighted by Gasteiger charge is 2.35. The zero-order valence-corrected chi connectivity index (χ0v) is 10.8. The van der Waals surface area contributed by atoms with Crippen LogP contribution in [0.3, 0.4) is 0 Å². The Morgan fingerprint density at radius 2 is 2.17 bits per heavy atom. The summed E-state index contributed by atoms with van der Waals surface area (Å²) in [6.07, 6.45) is 1.87. The quantitative estimate of drug-likeness (QED) is 0.783. The van der Waals surface area contributed by atoms with Crippen LogP contribution in [0.2, 0.25) is 0 Å². The molecular weight excluding hydrogens is 257 g/mol. The molecule has 1 unspecified atom stereocenters.